The number of anilines is 1. The van der Waals surface area contributed by atoms with Gasteiger partial charge < -0.3 is 9.64 Å². The summed E-state index contributed by atoms with van der Waals surface area (Å²) in [5.41, 5.74) is 2.76. The first kappa shape index (κ1) is 23.7. The van der Waals surface area contributed by atoms with Crippen molar-refractivity contribution in [3.63, 3.8) is 0 Å². The van der Waals surface area contributed by atoms with Gasteiger partial charge in [-0.1, -0.05) is 19.1 Å². The Morgan fingerprint density at radius 1 is 1.15 bits per heavy atom. The van der Waals surface area contributed by atoms with E-state index in [9.17, 15) is 9.18 Å². The van der Waals surface area contributed by atoms with Crippen molar-refractivity contribution in [3.05, 3.63) is 77.5 Å². The number of aromatic nitrogens is 4. The van der Waals surface area contributed by atoms with Crippen molar-refractivity contribution in [1.29, 1.82) is 0 Å². The van der Waals surface area contributed by atoms with Crippen molar-refractivity contribution < 1.29 is 13.9 Å². The van der Waals surface area contributed by atoms with Gasteiger partial charge in [0.2, 0.25) is 0 Å². The molecule has 8 heteroatoms. The second kappa shape index (κ2) is 11.1. The zero-order valence-corrected chi connectivity index (χ0v) is 19.7. The van der Waals surface area contributed by atoms with E-state index in [0.29, 0.717) is 19.4 Å². The normalized spacial score (nSPS) is 15.2. The number of ether oxygens (including phenoxy) is 1. The van der Waals surface area contributed by atoms with Gasteiger partial charge in [0, 0.05) is 50.6 Å². The average molecular weight is 464 g/mol. The Balaban J connectivity index is 1.54. The number of esters is 1. The van der Waals surface area contributed by atoms with Crippen LogP contribution in [0.15, 0.2) is 48.9 Å². The molecule has 0 amide bonds. The van der Waals surface area contributed by atoms with Crippen LogP contribution in [0.25, 0.3) is 0 Å². The first-order valence-corrected chi connectivity index (χ1v) is 11.8. The number of nitrogens with zero attached hydrogens (tertiary/aromatic N) is 5. The predicted molar refractivity (Wildman–Crippen MR) is 127 cm³/mol. The molecule has 0 radical (unpaired) electrons. The van der Waals surface area contributed by atoms with E-state index in [0.717, 1.165) is 54.5 Å². The maximum atomic E-state index is 13.3. The Labute approximate surface area is 199 Å². The minimum absolute atomic E-state index is 0.0601. The fraction of sp³-hybridized carbons (Fsp3) is 0.423. The van der Waals surface area contributed by atoms with Gasteiger partial charge in [0.1, 0.15) is 17.5 Å². The van der Waals surface area contributed by atoms with Crippen molar-refractivity contribution in [2.45, 2.75) is 45.4 Å². The zero-order chi connectivity index (χ0) is 23.9. The van der Waals surface area contributed by atoms with Crippen molar-refractivity contribution in [2.24, 2.45) is 5.92 Å². The van der Waals surface area contributed by atoms with Crippen molar-refractivity contribution >= 4 is 11.8 Å². The lowest BCUT2D eigenvalue weighted by molar-refractivity contribution is -0.148. The summed E-state index contributed by atoms with van der Waals surface area (Å²) in [6.45, 7) is 5.81. The van der Waals surface area contributed by atoms with Crippen LogP contribution in [0, 0.1) is 11.7 Å². The highest BCUT2D eigenvalue weighted by atomic mass is 19.1. The number of hydrogen-bond donors (Lipinski definition) is 0. The average Bonchev–Trinajstić information content (AvgIpc) is 2.85. The van der Waals surface area contributed by atoms with E-state index in [2.05, 4.69) is 21.8 Å². The quantitative estimate of drug-likeness (QED) is 0.465. The zero-order valence-electron chi connectivity index (χ0n) is 19.7. The maximum Gasteiger partial charge on any atom is 0.309 e. The number of halogens is 1. The topological polar surface area (TPSA) is 81.1 Å². The highest BCUT2D eigenvalue weighted by Gasteiger charge is 2.27. The maximum absolute atomic E-state index is 13.3. The van der Waals surface area contributed by atoms with Crippen LogP contribution in [0.2, 0.25) is 0 Å². The summed E-state index contributed by atoms with van der Waals surface area (Å²) in [5, 5.41) is 0. The molecule has 0 N–H and O–H groups in total. The van der Waals surface area contributed by atoms with Crippen LogP contribution in [-0.4, -0.2) is 45.6 Å². The molecule has 178 valence electrons. The summed E-state index contributed by atoms with van der Waals surface area (Å²) in [4.78, 5) is 32.6. The molecule has 2 aromatic heterocycles. The lowest BCUT2D eigenvalue weighted by Crippen LogP contribution is -2.37. The molecule has 1 atom stereocenters. The standard InChI is InChI=1S/C26H30FN5O2/c1-3-34-26(33)20-8-12-32(13-9-20)25-16-22(15-23-17-28-10-11-29-23)30-24(31-25)14-18(2)19-4-6-21(27)7-5-19/h4-7,10-11,16-18,20H,3,8-9,12-15H2,1-2H3/t18-/m1/s1. The van der Waals surface area contributed by atoms with Crippen LogP contribution in [0.4, 0.5) is 10.2 Å². The van der Waals surface area contributed by atoms with Gasteiger partial charge in [-0.15, -0.1) is 0 Å². The van der Waals surface area contributed by atoms with E-state index in [1.807, 2.05) is 25.1 Å². The number of carbonyl (C=O) groups excluding carboxylic acids is 1. The van der Waals surface area contributed by atoms with E-state index >= 15 is 0 Å². The third-order valence-electron chi connectivity index (χ3n) is 6.16. The highest BCUT2D eigenvalue weighted by molar-refractivity contribution is 5.72. The van der Waals surface area contributed by atoms with E-state index in [1.54, 1.807) is 18.6 Å². The first-order chi connectivity index (χ1) is 16.5. The van der Waals surface area contributed by atoms with Gasteiger partial charge in [0.05, 0.1) is 23.9 Å². The van der Waals surface area contributed by atoms with Crippen molar-refractivity contribution in [3.8, 4) is 0 Å². The van der Waals surface area contributed by atoms with Gasteiger partial charge >= 0.3 is 5.97 Å². The van der Waals surface area contributed by atoms with Crippen molar-refractivity contribution in [2.75, 3.05) is 24.6 Å². The molecule has 7 nitrogen and oxygen atoms in total. The molecule has 1 saturated heterocycles. The fourth-order valence-corrected chi connectivity index (χ4v) is 4.27. The van der Waals surface area contributed by atoms with Crippen LogP contribution in [-0.2, 0) is 22.4 Å². The van der Waals surface area contributed by atoms with Crippen LogP contribution in [0.1, 0.15) is 55.4 Å². The Morgan fingerprint density at radius 2 is 1.91 bits per heavy atom. The summed E-state index contributed by atoms with van der Waals surface area (Å²) in [7, 11) is 0. The Kier molecular flexibility index (Phi) is 7.77. The third kappa shape index (κ3) is 6.12. The summed E-state index contributed by atoms with van der Waals surface area (Å²) < 4.78 is 18.5. The number of piperidine rings is 1. The number of hydrogen-bond acceptors (Lipinski definition) is 7. The van der Waals surface area contributed by atoms with E-state index in [1.165, 1.54) is 12.1 Å². The Morgan fingerprint density at radius 3 is 2.59 bits per heavy atom. The monoisotopic (exact) mass is 463 g/mol. The van der Waals surface area contributed by atoms with Crippen LogP contribution in [0.3, 0.4) is 0 Å². The minimum atomic E-state index is -0.244. The molecule has 3 aromatic rings. The molecule has 1 fully saturated rings. The van der Waals surface area contributed by atoms with E-state index in [4.69, 9.17) is 14.7 Å². The lowest BCUT2D eigenvalue weighted by atomic mass is 9.96. The van der Waals surface area contributed by atoms with Gasteiger partial charge in [-0.05, 0) is 43.4 Å². The first-order valence-electron chi connectivity index (χ1n) is 11.8. The molecule has 0 spiro atoms. The Bertz CT molecular complexity index is 1090. The molecule has 3 heterocycles. The Hall–Kier alpha value is -3.42. The van der Waals surface area contributed by atoms with Gasteiger partial charge in [0.25, 0.3) is 0 Å². The molecule has 4 rings (SSSR count). The second-order valence-electron chi connectivity index (χ2n) is 8.68. The highest BCUT2D eigenvalue weighted by Crippen LogP contribution is 2.26. The van der Waals surface area contributed by atoms with Crippen LogP contribution in [0.5, 0.6) is 0 Å². The van der Waals surface area contributed by atoms with Gasteiger partial charge in [-0.25, -0.2) is 14.4 Å². The molecule has 0 aliphatic carbocycles. The molecule has 34 heavy (non-hydrogen) atoms. The molecule has 0 bridgehead atoms. The van der Waals surface area contributed by atoms with Gasteiger partial charge in [0.15, 0.2) is 0 Å². The molecule has 0 unspecified atom stereocenters. The number of carbonyl (C=O) groups is 1. The molecular weight excluding hydrogens is 433 g/mol. The molecule has 0 saturated carbocycles. The number of benzene rings is 1. The van der Waals surface area contributed by atoms with Gasteiger partial charge in [-0.2, -0.15) is 0 Å². The van der Waals surface area contributed by atoms with Crippen LogP contribution >= 0.6 is 0 Å². The molecular formula is C26H30FN5O2. The third-order valence-corrected chi connectivity index (χ3v) is 6.16. The smallest absolute Gasteiger partial charge is 0.309 e. The summed E-state index contributed by atoms with van der Waals surface area (Å²) in [6.07, 6.45) is 7.74. The second-order valence-corrected chi connectivity index (χ2v) is 8.68. The van der Waals surface area contributed by atoms with Gasteiger partial charge in [-0.3, -0.25) is 14.8 Å². The van der Waals surface area contributed by atoms with E-state index < -0.39 is 0 Å². The summed E-state index contributed by atoms with van der Waals surface area (Å²) in [6, 6.07) is 8.59. The van der Waals surface area contributed by atoms with Crippen molar-refractivity contribution in [1.82, 2.24) is 19.9 Å². The largest absolute Gasteiger partial charge is 0.466 e. The number of rotatable bonds is 8. The van der Waals surface area contributed by atoms with E-state index in [-0.39, 0.29) is 23.6 Å². The molecule has 1 aromatic carbocycles. The minimum Gasteiger partial charge on any atom is -0.466 e. The summed E-state index contributed by atoms with van der Waals surface area (Å²) >= 11 is 0. The molecule has 1 aliphatic heterocycles. The summed E-state index contributed by atoms with van der Waals surface area (Å²) in [5.74, 6) is 1.32. The van der Waals surface area contributed by atoms with Crippen LogP contribution < -0.4 is 4.90 Å². The predicted octanol–water partition coefficient (Wildman–Crippen LogP) is 4.12. The SMILES string of the molecule is CCOC(=O)C1CCN(c2cc(Cc3cnccn3)nc(C[C@@H](C)c3ccc(F)cc3)n2)CC1. The lowest BCUT2D eigenvalue weighted by Gasteiger charge is -2.32. The fourth-order valence-electron chi connectivity index (χ4n) is 4.27. The molecule has 1 aliphatic rings.